The molecule has 2 atom stereocenters. The Kier molecular flexibility index (Phi) is 9.07. The number of hydrogen-bond acceptors (Lipinski definition) is 4. The number of likely N-dealkylation sites (tertiary alicyclic amines) is 1. The van der Waals surface area contributed by atoms with Crippen LogP contribution in [0.25, 0.3) is 0 Å². The first-order valence-electron chi connectivity index (χ1n) is 14.8. The number of rotatable bonds is 9. The molecule has 5 rings (SSSR count). The number of piperidine rings is 1. The lowest BCUT2D eigenvalue weighted by molar-refractivity contribution is -0.135. The minimum Gasteiger partial charge on any atom is -0.484 e. The van der Waals surface area contributed by atoms with Gasteiger partial charge in [0.05, 0.1) is 5.54 Å². The minimum absolute atomic E-state index is 0.00957. The maximum atomic E-state index is 12.7. The summed E-state index contributed by atoms with van der Waals surface area (Å²) in [5.41, 5.74) is 0.745. The number of guanidine groups is 1. The molecule has 1 aliphatic carbocycles. The summed E-state index contributed by atoms with van der Waals surface area (Å²) in [4.78, 5) is 16.4. The van der Waals surface area contributed by atoms with Gasteiger partial charge < -0.3 is 25.0 Å². The lowest BCUT2D eigenvalue weighted by Gasteiger charge is -2.49. The third-order valence-corrected chi connectivity index (χ3v) is 9.09. The number of para-hydroxylation sites is 1. The highest BCUT2D eigenvalue weighted by Gasteiger charge is 2.43. The van der Waals surface area contributed by atoms with Crippen LogP contribution in [0, 0.1) is 17.2 Å². The number of benzene rings is 2. The zero-order valence-corrected chi connectivity index (χ0v) is 23.1. The van der Waals surface area contributed by atoms with Gasteiger partial charge in [0.15, 0.2) is 12.6 Å². The van der Waals surface area contributed by atoms with Gasteiger partial charge in [0.25, 0.3) is 5.91 Å². The van der Waals surface area contributed by atoms with Crippen molar-refractivity contribution in [1.82, 2.24) is 15.1 Å². The van der Waals surface area contributed by atoms with E-state index in [1.165, 1.54) is 32.1 Å². The van der Waals surface area contributed by atoms with Crippen LogP contribution in [0.4, 0.5) is 0 Å². The van der Waals surface area contributed by atoms with Gasteiger partial charge in [0, 0.05) is 26.1 Å². The summed E-state index contributed by atoms with van der Waals surface area (Å²) in [5, 5.41) is 23.9. The molecular formula is C32H44N4O3. The molecule has 3 N–H and O–H groups in total. The largest absolute Gasteiger partial charge is 0.484 e. The van der Waals surface area contributed by atoms with Gasteiger partial charge in [-0.1, -0.05) is 80.6 Å². The summed E-state index contributed by atoms with van der Waals surface area (Å²) < 4.78 is 5.64. The molecule has 0 aromatic heterocycles. The monoisotopic (exact) mass is 532 g/mol. The van der Waals surface area contributed by atoms with E-state index in [4.69, 9.17) is 10.1 Å². The molecule has 2 unspecified atom stereocenters. The molecule has 210 valence electrons. The predicted octanol–water partition coefficient (Wildman–Crippen LogP) is 5.11. The molecule has 2 heterocycles. The molecule has 2 saturated heterocycles. The van der Waals surface area contributed by atoms with Crippen LogP contribution in [0.2, 0.25) is 0 Å². The van der Waals surface area contributed by atoms with Gasteiger partial charge >= 0.3 is 0 Å². The molecule has 0 spiro atoms. The van der Waals surface area contributed by atoms with Crippen molar-refractivity contribution >= 4 is 11.9 Å². The summed E-state index contributed by atoms with van der Waals surface area (Å²) in [6, 6.07) is 19.8. The first kappa shape index (κ1) is 27.5. The molecule has 1 amide bonds. The number of carbonyl (C=O) groups excluding carboxylic acids is 1. The zero-order chi connectivity index (χ0) is 27.1. The van der Waals surface area contributed by atoms with Crippen molar-refractivity contribution in [3.63, 3.8) is 0 Å². The topological polar surface area (TPSA) is 88.9 Å². The highest BCUT2D eigenvalue weighted by atomic mass is 16.5. The van der Waals surface area contributed by atoms with Crippen molar-refractivity contribution in [3.8, 4) is 5.75 Å². The Balaban J connectivity index is 1.15. The number of nitrogens with zero attached hydrogens (tertiary/aromatic N) is 2. The molecular weight excluding hydrogens is 488 g/mol. The van der Waals surface area contributed by atoms with E-state index in [0.717, 1.165) is 37.2 Å². The number of carbonyl (C=O) groups is 1. The summed E-state index contributed by atoms with van der Waals surface area (Å²) >= 11 is 0. The average Bonchev–Trinajstić information content (AvgIpc) is 2.98. The number of amides is 1. The van der Waals surface area contributed by atoms with Crippen LogP contribution >= 0.6 is 0 Å². The van der Waals surface area contributed by atoms with Gasteiger partial charge in [-0.05, 0) is 55.2 Å². The maximum Gasteiger partial charge on any atom is 0.260 e. The minimum atomic E-state index is -0.704. The molecule has 1 saturated carbocycles. The summed E-state index contributed by atoms with van der Waals surface area (Å²) in [6.07, 6.45) is 10.3. The van der Waals surface area contributed by atoms with Crippen LogP contribution in [0.3, 0.4) is 0 Å². The smallest absolute Gasteiger partial charge is 0.260 e. The van der Waals surface area contributed by atoms with E-state index >= 15 is 0 Å². The zero-order valence-electron chi connectivity index (χ0n) is 23.1. The Morgan fingerprint density at radius 2 is 1.62 bits per heavy atom. The molecule has 7 nitrogen and oxygen atoms in total. The molecule has 0 radical (unpaired) electrons. The Morgan fingerprint density at radius 3 is 2.28 bits per heavy atom. The van der Waals surface area contributed by atoms with Gasteiger partial charge in [0.2, 0.25) is 0 Å². The number of hydrogen-bond donors (Lipinski definition) is 3. The second kappa shape index (κ2) is 12.9. The standard InChI is InChI=1S/C32H44N4O3/c33-31-34-32(27-12-6-2-7-13-27,19-16-25-10-4-1-5-11-25)22-29(37)36(31)23-26-17-20-35(21-18-26)30(38)24-39-28-14-8-3-9-15-28/h2-3,6-9,12-15,25-26,29,37H,1,4-5,10-11,16-24H2,(H2,33,34). The second-order valence-corrected chi connectivity index (χ2v) is 11.7. The van der Waals surface area contributed by atoms with Crippen molar-refractivity contribution in [2.45, 2.75) is 76.0 Å². The Hall–Kier alpha value is -3.06. The number of aliphatic hydroxyl groups is 1. The van der Waals surface area contributed by atoms with E-state index < -0.39 is 11.8 Å². The van der Waals surface area contributed by atoms with Crippen molar-refractivity contribution in [2.75, 3.05) is 26.2 Å². The predicted molar refractivity (Wildman–Crippen MR) is 153 cm³/mol. The van der Waals surface area contributed by atoms with Crippen molar-refractivity contribution in [3.05, 3.63) is 66.2 Å². The second-order valence-electron chi connectivity index (χ2n) is 11.7. The lowest BCUT2D eigenvalue weighted by Crippen LogP contribution is -2.63. The van der Waals surface area contributed by atoms with E-state index in [0.29, 0.717) is 43.7 Å². The fourth-order valence-corrected chi connectivity index (χ4v) is 6.71. The molecule has 7 heteroatoms. The Labute approximate surface area is 233 Å². The van der Waals surface area contributed by atoms with E-state index in [-0.39, 0.29) is 12.5 Å². The average molecular weight is 533 g/mol. The molecule has 2 aromatic carbocycles. The Morgan fingerprint density at radius 1 is 0.949 bits per heavy atom. The van der Waals surface area contributed by atoms with Gasteiger partial charge in [-0.25, -0.2) is 0 Å². The fourth-order valence-electron chi connectivity index (χ4n) is 6.71. The molecule has 2 aromatic rings. The summed E-state index contributed by atoms with van der Waals surface area (Å²) in [6.45, 7) is 2.04. The van der Waals surface area contributed by atoms with Crippen molar-refractivity contribution < 1.29 is 14.6 Å². The fraction of sp³-hybridized carbons (Fsp3) is 0.562. The van der Waals surface area contributed by atoms with Crippen LogP contribution in [0.1, 0.15) is 69.8 Å². The quantitative estimate of drug-likeness (QED) is 0.418. The van der Waals surface area contributed by atoms with Gasteiger partial charge in [0.1, 0.15) is 12.0 Å². The van der Waals surface area contributed by atoms with E-state index in [2.05, 4.69) is 29.6 Å². The highest BCUT2D eigenvalue weighted by Crippen LogP contribution is 2.39. The maximum absolute atomic E-state index is 12.7. The summed E-state index contributed by atoms with van der Waals surface area (Å²) in [5.74, 6) is 2.10. The van der Waals surface area contributed by atoms with Crippen LogP contribution in [0.15, 0.2) is 60.7 Å². The first-order valence-corrected chi connectivity index (χ1v) is 14.8. The van der Waals surface area contributed by atoms with E-state index in [1.807, 2.05) is 46.2 Å². The highest BCUT2D eigenvalue weighted by molar-refractivity contribution is 5.79. The molecule has 3 fully saturated rings. The van der Waals surface area contributed by atoms with E-state index in [1.54, 1.807) is 0 Å². The van der Waals surface area contributed by atoms with Crippen molar-refractivity contribution in [2.24, 2.45) is 11.8 Å². The molecule has 0 bridgehead atoms. The SMILES string of the molecule is N=C1NC(CCC2CCCCC2)(c2ccccc2)CC(O)N1CC1CCN(C(=O)COc2ccccc2)CC1. The van der Waals surface area contributed by atoms with Crippen LogP contribution in [-0.2, 0) is 10.3 Å². The van der Waals surface area contributed by atoms with E-state index in [9.17, 15) is 9.90 Å². The number of aliphatic hydroxyl groups excluding tert-OH is 1. The van der Waals surface area contributed by atoms with Crippen molar-refractivity contribution in [1.29, 1.82) is 5.41 Å². The van der Waals surface area contributed by atoms with Crippen LogP contribution in [0.5, 0.6) is 5.75 Å². The molecule has 3 aliphatic rings. The number of nitrogens with one attached hydrogen (secondary N) is 2. The third kappa shape index (κ3) is 6.93. The van der Waals surface area contributed by atoms with Gasteiger partial charge in [-0.15, -0.1) is 0 Å². The molecule has 39 heavy (non-hydrogen) atoms. The van der Waals surface area contributed by atoms with Gasteiger partial charge in [-0.2, -0.15) is 0 Å². The lowest BCUT2D eigenvalue weighted by atomic mass is 9.76. The number of ether oxygens (including phenoxy) is 1. The van der Waals surface area contributed by atoms with Crippen LogP contribution < -0.4 is 10.1 Å². The third-order valence-electron chi connectivity index (χ3n) is 9.09. The van der Waals surface area contributed by atoms with Crippen LogP contribution in [-0.4, -0.2) is 59.2 Å². The first-order chi connectivity index (χ1) is 19.0. The Bertz CT molecular complexity index is 1070. The normalized spacial score (nSPS) is 24.8. The molecule has 2 aliphatic heterocycles. The van der Waals surface area contributed by atoms with Gasteiger partial charge in [-0.3, -0.25) is 10.2 Å². The summed E-state index contributed by atoms with van der Waals surface area (Å²) in [7, 11) is 0.